The Kier molecular flexibility index (Phi) is 5.60. The van der Waals surface area contributed by atoms with Crippen LogP contribution < -0.4 is 5.32 Å². The first-order valence-electron chi connectivity index (χ1n) is 8.69. The van der Waals surface area contributed by atoms with Gasteiger partial charge in [0.25, 0.3) is 0 Å². The van der Waals surface area contributed by atoms with Gasteiger partial charge in [-0.3, -0.25) is 14.5 Å². The van der Waals surface area contributed by atoms with Crippen LogP contribution in [0.4, 0.5) is 5.69 Å². The number of nitrogens with zero attached hydrogens (tertiary/aromatic N) is 3. The number of Topliss-reactive ketones (excluding diaryl/α,β-unsaturated/α-hetero) is 1. The molecule has 0 aliphatic carbocycles. The number of carbonyl (C=O) groups is 2. The Hall–Kier alpha value is -2.47. The number of likely N-dealkylation sites (tertiary alicyclic amines) is 1. The number of benzene rings is 1. The van der Waals surface area contributed by atoms with Crippen LogP contribution in [0.25, 0.3) is 0 Å². The number of piperidine rings is 1. The van der Waals surface area contributed by atoms with E-state index in [4.69, 9.17) is 0 Å². The van der Waals surface area contributed by atoms with Crippen LogP contribution in [0.3, 0.4) is 0 Å². The highest BCUT2D eigenvalue weighted by atomic mass is 16.2. The minimum atomic E-state index is -0.0105. The molecule has 1 saturated heterocycles. The third kappa shape index (κ3) is 5.00. The Morgan fingerprint density at radius 1 is 1.20 bits per heavy atom. The van der Waals surface area contributed by atoms with Crippen LogP contribution in [-0.4, -0.2) is 45.8 Å². The number of hydrogen-bond donors (Lipinski definition) is 1. The van der Waals surface area contributed by atoms with E-state index in [0.29, 0.717) is 18.0 Å². The number of imidazole rings is 1. The summed E-state index contributed by atoms with van der Waals surface area (Å²) in [5.41, 5.74) is 1.38. The first-order chi connectivity index (χ1) is 12.1. The van der Waals surface area contributed by atoms with Gasteiger partial charge in [-0.25, -0.2) is 4.98 Å². The van der Waals surface area contributed by atoms with Crippen LogP contribution >= 0.6 is 0 Å². The second-order valence-electron chi connectivity index (χ2n) is 6.66. The number of carbonyl (C=O) groups excluding carboxylic acids is 2. The second kappa shape index (κ2) is 8.07. The third-order valence-corrected chi connectivity index (χ3v) is 4.68. The van der Waals surface area contributed by atoms with Crippen molar-refractivity contribution in [3.63, 3.8) is 0 Å². The Bertz CT molecular complexity index is 702. The number of amides is 1. The average Bonchev–Trinajstić information content (AvgIpc) is 3.10. The fourth-order valence-corrected chi connectivity index (χ4v) is 3.21. The molecule has 1 aliphatic heterocycles. The number of rotatable bonds is 6. The molecule has 0 radical (unpaired) electrons. The number of hydrogen-bond acceptors (Lipinski definition) is 4. The maximum atomic E-state index is 12.2. The summed E-state index contributed by atoms with van der Waals surface area (Å²) in [6, 6.07) is 7.01. The number of aromatic nitrogens is 2. The van der Waals surface area contributed by atoms with E-state index >= 15 is 0 Å². The molecule has 0 saturated carbocycles. The highest BCUT2D eigenvalue weighted by Crippen LogP contribution is 2.19. The third-order valence-electron chi connectivity index (χ3n) is 4.68. The highest BCUT2D eigenvalue weighted by molar-refractivity contribution is 5.96. The highest BCUT2D eigenvalue weighted by Gasteiger charge is 2.21. The summed E-state index contributed by atoms with van der Waals surface area (Å²) in [7, 11) is 0. The van der Waals surface area contributed by atoms with Crippen LogP contribution in [0.5, 0.6) is 0 Å². The van der Waals surface area contributed by atoms with Crippen molar-refractivity contribution in [3.8, 4) is 0 Å². The monoisotopic (exact) mass is 340 g/mol. The van der Waals surface area contributed by atoms with E-state index in [-0.39, 0.29) is 11.7 Å². The molecule has 2 heterocycles. The van der Waals surface area contributed by atoms with Gasteiger partial charge in [0, 0.05) is 30.2 Å². The molecule has 0 spiro atoms. The van der Waals surface area contributed by atoms with Gasteiger partial charge in [-0.15, -0.1) is 0 Å². The Morgan fingerprint density at radius 3 is 2.52 bits per heavy atom. The quantitative estimate of drug-likeness (QED) is 0.820. The van der Waals surface area contributed by atoms with E-state index in [2.05, 4.69) is 19.8 Å². The lowest BCUT2D eigenvalue weighted by Gasteiger charge is -2.31. The van der Waals surface area contributed by atoms with Crippen molar-refractivity contribution in [3.05, 3.63) is 48.5 Å². The molecule has 1 N–H and O–H groups in total. The predicted molar refractivity (Wildman–Crippen MR) is 96.5 cm³/mol. The lowest BCUT2D eigenvalue weighted by Crippen LogP contribution is -2.39. The molecule has 25 heavy (non-hydrogen) atoms. The van der Waals surface area contributed by atoms with Crippen molar-refractivity contribution in [1.82, 2.24) is 14.5 Å². The van der Waals surface area contributed by atoms with E-state index in [0.717, 1.165) is 38.2 Å². The van der Waals surface area contributed by atoms with Crippen molar-refractivity contribution in [2.45, 2.75) is 26.3 Å². The van der Waals surface area contributed by atoms with Gasteiger partial charge >= 0.3 is 0 Å². The fourth-order valence-electron chi connectivity index (χ4n) is 3.21. The second-order valence-corrected chi connectivity index (χ2v) is 6.66. The summed E-state index contributed by atoms with van der Waals surface area (Å²) in [4.78, 5) is 29.8. The molecule has 6 heteroatoms. The summed E-state index contributed by atoms with van der Waals surface area (Å²) in [5, 5.41) is 2.90. The van der Waals surface area contributed by atoms with Crippen LogP contribution in [0.2, 0.25) is 0 Å². The SMILES string of the molecule is CC(=O)c1ccc(NC(=O)CN2CCC(Cn3ccnc3)CC2)cc1. The molecule has 1 aromatic heterocycles. The molecule has 3 rings (SSSR count). The van der Waals surface area contributed by atoms with Crippen molar-refractivity contribution in [1.29, 1.82) is 0 Å². The standard InChI is InChI=1S/C19H24N4O2/c1-15(24)17-2-4-18(5-3-17)21-19(25)13-22-9-6-16(7-10-22)12-23-11-8-20-14-23/h2-5,8,11,14,16H,6-7,9-10,12-13H2,1H3,(H,21,25). The van der Waals surface area contributed by atoms with Crippen LogP contribution in [0, 0.1) is 5.92 Å². The van der Waals surface area contributed by atoms with E-state index < -0.39 is 0 Å². The number of anilines is 1. The zero-order valence-corrected chi connectivity index (χ0v) is 14.5. The van der Waals surface area contributed by atoms with Gasteiger partial charge in [0.05, 0.1) is 12.9 Å². The molecule has 6 nitrogen and oxygen atoms in total. The van der Waals surface area contributed by atoms with Gasteiger partial charge in [-0.05, 0) is 63.0 Å². The molecule has 1 fully saturated rings. The molecule has 0 bridgehead atoms. The smallest absolute Gasteiger partial charge is 0.238 e. The zero-order chi connectivity index (χ0) is 17.6. The van der Waals surface area contributed by atoms with Gasteiger partial charge in [-0.1, -0.05) is 0 Å². The molecule has 1 aromatic carbocycles. The molecule has 1 aliphatic rings. The molecule has 0 unspecified atom stereocenters. The first-order valence-corrected chi connectivity index (χ1v) is 8.69. The van der Waals surface area contributed by atoms with E-state index in [1.54, 1.807) is 24.3 Å². The molecule has 132 valence electrons. The summed E-state index contributed by atoms with van der Waals surface area (Å²) in [6.45, 7) is 4.82. The molecular weight excluding hydrogens is 316 g/mol. The largest absolute Gasteiger partial charge is 0.337 e. The van der Waals surface area contributed by atoms with E-state index in [1.807, 2.05) is 18.7 Å². The summed E-state index contributed by atoms with van der Waals surface area (Å²) < 4.78 is 2.12. The summed E-state index contributed by atoms with van der Waals surface area (Å²) >= 11 is 0. The maximum Gasteiger partial charge on any atom is 0.238 e. The fraction of sp³-hybridized carbons (Fsp3) is 0.421. The van der Waals surface area contributed by atoms with Crippen molar-refractivity contribution in [2.24, 2.45) is 5.92 Å². The zero-order valence-electron chi connectivity index (χ0n) is 14.5. The van der Waals surface area contributed by atoms with Crippen LogP contribution in [-0.2, 0) is 11.3 Å². The summed E-state index contributed by atoms with van der Waals surface area (Å²) in [5.74, 6) is 0.660. The van der Waals surface area contributed by atoms with Crippen molar-refractivity contribution in [2.75, 3.05) is 25.0 Å². The molecule has 1 amide bonds. The van der Waals surface area contributed by atoms with Gasteiger partial charge < -0.3 is 9.88 Å². The van der Waals surface area contributed by atoms with Gasteiger partial charge in [-0.2, -0.15) is 0 Å². The Balaban J connectivity index is 1.42. The van der Waals surface area contributed by atoms with Gasteiger partial charge in [0.15, 0.2) is 5.78 Å². The summed E-state index contributed by atoms with van der Waals surface area (Å²) in [6.07, 6.45) is 7.86. The molecular formula is C19H24N4O2. The Labute approximate surface area is 147 Å². The van der Waals surface area contributed by atoms with Gasteiger partial charge in [0.2, 0.25) is 5.91 Å². The topological polar surface area (TPSA) is 67.2 Å². The number of nitrogens with one attached hydrogen (secondary N) is 1. The lowest BCUT2D eigenvalue weighted by molar-refractivity contribution is -0.117. The molecule has 2 aromatic rings. The van der Waals surface area contributed by atoms with E-state index in [1.165, 1.54) is 6.92 Å². The van der Waals surface area contributed by atoms with Crippen molar-refractivity contribution >= 4 is 17.4 Å². The normalized spacial score (nSPS) is 15.9. The van der Waals surface area contributed by atoms with Crippen molar-refractivity contribution < 1.29 is 9.59 Å². The van der Waals surface area contributed by atoms with E-state index in [9.17, 15) is 9.59 Å². The Morgan fingerprint density at radius 2 is 1.92 bits per heavy atom. The minimum absolute atomic E-state index is 0.0105. The average molecular weight is 340 g/mol. The van der Waals surface area contributed by atoms with Crippen LogP contribution in [0.15, 0.2) is 43.0 Å². The first kappa shape index (κ1) is 17.4. The maximum absolute atomic E-state index is 12.2. The minimum Gasteiger partial charge on any atom is -0.337 e. The number of ketones is 1. The lowest BCUT2D eigenvalue weighted by atomic mass is 9.97. The predicted octanol–water partition coefficient (Wildman–Crippen LogP) is 2.44. The molecule has 0 atom stereocenters. The van der Waals surface area contributed by atoms with Crippen LogP contribution in [0.1, 0.15) is 30.1 Å². The van der Waals surface area contributed by atoms with Gasteiger partial charge in [0.1, 0.15) is 0 Å².